The molecule has 0 unspecified atom stereocenters. The summed E-state index contributed by atoms with van der Waals surface area (Å²) in [5.74, 6) is 1.07. The number of aromatic nitrogens is 2. The summed E-state index contributed by atoms with van der Waals surface area (Å²) < 4.78 is 3.39. The number of fused-ring (bicyclic) bond motifs is 1. The van der Waals surface area contributed by atoms with Crippen molar-refractivity contribution in [2.24, 2.45) is 0 Å². The molecule has 0 spiro atoms. The van der Waals surface area contributed by atoms with Crippen molar-refractivity contribution in [2.75, 3.05) is 5.32 Å². The molecule has 0 atom stereocenters. The molecule has 3 nitrogen and oxygen atoms in total. The lowest BCUT2D eigenvalue weighted by Gasteiger charge is -2.10. The molecule has 4 heteroatoms. The summed E-state index contributed by atoms with van der Waals surface area (Å²) in [5, 5.41) is 3.46. The van der Waals surface area contributed by atoms with Gasteiger partial charge in [-0.1, -0.05) is 28.1 Å². The van der Waals surface area contributed by atoms with Gasteiger partial charge in [-0.15, -0.1) is 0 Å². The van der Waals surface area contributed by atoms with Gasteiger partial charge in [-0.3, -0.25) is 0 Å². The van der Waals surface area contributed by atoms with E-state index < -0.39 is 0 Å². The first-order chi connectivity index (χ1) is 10.2. The minimum atomic E-state index is 0.726. The number of imidazole rings is 1. The molecule has 0 radical (unpaired) electrons. The molecule has 3 rings (SSSR count). The normalized spacial score (nSPS) is 11.0. The largest absolute Gasteiger partial charge is 0.378 e. The van der Waals surface area contributed by atoms with Crippen molar-refractivity contribution in [1.29, 1.82) is 0 Å². The van der Waals surface area contributed by atoms with Gasteiger partial charge in [0.05, 0.1) is 17.6 Å². The van der Waals surface area contributed by atoms with Crippen LogP contribution in [0.2, 0.25) is 0 Å². The Hall–Kier alpha value is -1.81. The van der Waals surface area contributed by atoms with Crippen LogP contribution in [0.1, 0.15) is 18.3 Å². The number of para-hydroxylation sites is 2. The zero-order valence-electron chi connectivity index (χ0n) is 12.2. The molecule has 0 saturated carbocycles. The van der Waals surface area contributed by atoms with Gasteiger partial charge in [-0.25, -0.2) is 4.98 Å². The molecule has 0 amide bonds. The fraction of sp³-hybridized carbons (Fsp3) is 0.235. The van der Waals surface area contributed by atoms with Crippen LogP contribution in [0.5, 0.6) is 0 Å². The summed E-state index contributed by atoms with van der Waals surface area (Å²) in [7, 11) is 0. The Morgan fingerprint density at radius 1 is 1.19 bits per heavy atom. The van der Waals surface area contributed by atoms with Crippen molar-refractivity contribution in [3.8, 4) is 0 Å². The summed E-state index contributed by atoms with van der Waals surface area (Å²) in [6, 6.07) is 14.6. The molecule has 0 saturated heterocycles. The minimum absolute atomic E-state index is 0.726. The average Bonchev–Trinajstić information content (AvgIpc) is 2.86. The Labute approximate surface area is 133 Å². The van der Waals surface area contributed by atoms with Crippen molar-refractivity contribution < 1.29 is 0 Å². The Morgan fingerprint density at radius 2 is 2.00 bits per heavy atom. The molecule has 0 bridgehead atoms. The number of benzene rings is 2. The van der Waals surface area contributed by atoms with E-state index >= 15 is 0 Å². The summed E-state index contributed by atoms with van der Waals surface area (Å²) in [6.07, 6.45) is 0. The second kappa shape index (κ2) is 5.90. The highest BCUT2D eigenvalue weighted by molar-refractivity contribution is 9.10. The van der Waals surface area contributed by atoms with Crippen LogP contribution in [0.3, 0.4) is 0 Å². The fourth-order valence-corrected chi connectivity index (χ4v) is 2.80. The highest BCUT2D eigenvalue weighted by Gasteiger charge is 2.08. The standard InChI is InChI=1S/C17H18BrN3/c1-3-21-16-7-5-4-6-15(16)20-17(21)11-19-13-8-9-14(18)12(2)10-13/h4-10,19H,3,11H2,1-2H3. The van der Waals surface area contributed by atoms with Crippen molar-refractivity contribution in [3.63, 3.8) is 0 Å². The van der Waals surface area contributed by atoms with Gasteiger partial charge >= 0.3 is 0 Å². The predicted molar refractivity (Wildman–Crippen MR) is 91.6 cm³/mol. The number of nitrogens with one attached hydrogen (secondary N) is 1. The van der Waals surface area contributed by atoms with E-state index in [4.69, 9.17) is 4.98 Å². The monoisotopic (exact) mass is 343 g/mol. The molecule has 1 aromatic heterocycles. The van der Waals surface area contributed by atoms with Crippen LogP contribution >= 0.6 is 15.9 Å². The molecule has 108 valence electrons. The Bertz CT molecular complexity index is 777. The number of rotatable bonds is 4. The maximum Gasteiger partial charge on any atom is 0.129 e. The van der Waals surface area contributed by atoms with E-state index in [1.165, 1.54) is 11.1 Å². The van der Waals surface area contributed by atoms with Gasteiger partial charge in [0.2, 0.25) is 0 Å². The maximum atomic E-state index is 4.73. The van der Waals surface area contributed by atoms with Gasteiger partial charge in [0, 0.05) is 16.7 Å². The van der Waals surface area contributed by atoms with E-state index in [-0.39, 0.29) is 0 Å². The first kappa shape index (κ1) is 14.1. The fourth-order valence-electron chi connectivity index (χ4n) is 2.55. The molecular formula is C17H18BrN3. The van der Waals surface area contributed by atoms with Crippen molar-refractivity contribution >= 4 is 32.7 Å². The second-order valence-corrected chi connectivity index (χ2v) is 5.93. The Kier molecular flexibility index (Phi) is 3.97. The van der Waals surface area contributed by atoms with Crippen LogP contribution in [0, 0.1) is 6.92 Å². The molecule has 0 aliphatic carbocycles. The number of halogens is 1. The lowest BCUT2D eigenvalue weighted by atomic mass is 10.2. The number of nitrogens with zero attached hydrogens (tertiary/aromatic N) is 2. The van der Waals surface area contributed by atoms with Crippen molar-refractivity contribution in [3.05, 3.63) is 58.3 Å². The van der Waals surface area contributed by atoms with Crippen molar-refractivity contribution in [1.82, 2.24) is 9.55 Å². The van der Waals surface area contributed by atoms with Crippen LogP contribution in [0.4, 0.5) is 5.69 Å². The number of hydrogen-bond acceptors (Lipinski definition) is 2. The zero-order chi connectivity index (χ0) is 14.8. The molecule has 2 aromatic carbocycles. The number of aryl methyl sites for hydroxylation is 2. The number of anilines is 1. The highest BCUT2D eigenvalue weighted by atomic mass is 79.9. The average molecular weight is 344 g/mol. The summed E-state index contributed by atoms with van der Waals surface area (Å²) >= 11 is 3.53. The highest BCUT2D eigenvalue weighted by Crippen LogP contribution is 2.21. The van der Waals surface area contributed by atoms with Crippen LogP contribution in [0.15, 0.2) is 46.9 Å². The van der Waals surface area contributed by atoms with Crippen LogP contribution in [-0.2, 0) is 13.1 Å². The van der Waals surface area contributed by atoms with E-state index in [0.29, 0.717) is 0 Å². The molecule has 0 aliphatic rings. The van der Waals surface area contributed by atoms with Crippen molar-refractivity contribution in [2.45, 2.75) is 26.9 Å². The predicted octanol–water partition coefficient (Wildman–Crippen LogP) is 4.74. The molecule has 21 heavy (non-hydrogen) atoms. The van der Waals surface area contributed by atoms with Crippen LogP contribution < -0.4 is 5.32 Å². The topological polar surface area (TPSA) is 29.9 Å². The number of hydrogen-bond donors (Lipinski definition) is 1. The van der Waals surface area contributed by atoms with E-state index in [9.17, 15) is 0 Å². The zero-order valence-corrected chi connectivity index (χ0v) is 13.8. The first-order valence-corrected chi connectivity index (χ1v) is 7.92. The summed E-state index contributed by atoms with van der Waals surface area (Å²) in [6.45, 7) is 5.90. The van der Waals surface area contributed by atoms with E-state index in [0.717, 1.165) is 34.6 Å². The molecule has 1 N–H and O–H groups in total. The summed E-state index contributed by atoms with van der Waals surface area (Å²) in [5.41, 5.74) is 4.60. The first-order valence-electron chi connectivity index (χ1n) is 7.13. The third-order valence-corrected chi connectivity index (χ3v) is 4.55. The van der Waals surface area contributed by atoms with Gasteiger partial charge in [-0.05, 0) is 49.7 Å². The maximum absolute atomic E-state index is 4.73. The van der Waals surface area contributed by atoms with Gasteiger partial charge < -0.3 is 9.88 Å². The molecule has 3 aromatic rings. The quantitative estimate of drug-likeness (QED) is 0.741. The lowest BCUT2D eigenvalue weighted by Crippen LogP contribution is -2.08. The minimum Gasteiger partial charge on any atom is -0.378 e. The third-order valence-electron chi connectivity index (χ3n) is 3.66. The van der Waals surface area contributed by atoms with Crippen LogP contribution in [0.25, 0.3) is 11.0 Å². The van der Waals surface area contributed by atoms with Gasteiger partial charge in [0.25, 0.3) is 0 Å². The molecule has 0 fully saturated rings. The van der Waals surface area contributed by atoms with E-state index in [1.807, 2.05) is 6.07 Å². The lowest BCUT2D eigenvalue weighted by molar-refractivity contribution is 0.729. The van der Waals surface area contributed by atoms with Gasteiger partial charge in [0.15, 0.2) is 0 Å². The third kappa shape index (κ3) is 2.81. The summed E-state index contributed by atoms with van der Waals surface area (Å²) in [4.78, 5) is 4.73. The Balaban J connectivity index is 1.86. The van der Waals surface area contributed by atoms with Crippen LogP contribution in [-0.4, -0.2) is 9.55 Å². The molecule has 1 heterocycles. The van der Waals surface area contributed by atoms with Gasteiger partial charge in [0.1, 0.15) is 5.82 Å². The molecular weight excluding hydrogens is 326 g/mol. The Morgan fingerprint density at radius 3 is 2.76 bits per heavy atom. The second-order valence-electron chi connectivity index (χ2n) is 5.08. The SMILES string of the molecule is CCn1c(CNc2ccc(Br)c(C)c2)nc2ccccc21. The molecule has 0 aliphatic heterocycles. The van der Waals surface area contributed by atoms with E-state index in [1.54, 1.807) is 0 Å². The van der Waals surface area contributed by atoms with E-state index in [2.05, 4.69) is 76.1 Å². The van der Waals surface area contributed by atoms with Gasteiger partial charge in [-0.2, -0.15) is 0 Å². The smallest absolute Gasteiger partial charge is 0.129 e.